The average Bonchev–Trinajstić information content (AvgIpc) is 3.22. The lowest BCUT2D eigenvalue weighted by Gasteiger charge is -2.32. The van der Waals surface area contributed by atoms with Crippen molar-refractivity contribution in [3.63, 3.8) is 0 Å². The van der Waals surface area contributed by atoms with E-state index in [0.717, 1.165) is 22.9 Å². The van der Waals surface area contributed by atoms with E-state index in [1.165, 1.54) is 0 Å². The third kappa shape index (κ3) is 2.91. The zero-order valence-corrected chi connectivity index (χ0v) is 13.7. The highest BCUT2D eigenvalue weighted by atomic mass is 16.5. The van der Waals surface area contributed by atoms with Gasteiger partial charge >= 0.3 is 5.97 Å². The molecule has 4 rings (SSSR count). The van der Waals surface area contributed by atoms with E-state index in [0.29, 0.717) is 25.4 Å². The molecule has 1 atom stereocenters. The van der Waals surface area contributed by atoms with E-state index in [1.807, 2.05) is 52.8 Å². The molecule has 1 N–H and O–H groups in total. The fraction of sp³-hybridized carbons (Fsp3) is 0.294. The number of hydrogen-bond acceptors (Lipinski definition) is 6. The molecule has 0 radical (unpaired) electrons. The van der Waals surface area contributed by atoms with E-state index < -0.39 is 12.0 Å². The van der Waals surface area contributed by atoms with Crippen LogP contribution in [0.3, 0.4) is 0 Å². The molecular weight excluding hydrogens is 322 g/mol. The molecule has 0 saturated heterocycles. The van der Waals surface area contributed by atoms with Gasteiger partial charge in [-0.25, -0.2) is 0 Å². The largest absolute Gasteiger partial charge is 0.480 e. The number of aliphatic carboxylic acids is 1. The minimum absolute atomic E-state index is 0.323. The summed E-state index contributed by atoms with van der Waals surface area (Å²) in [7, 11) is 0. The van der Waals surface area contributed by atoms with Crippen molar-refractivity contribution >= 4 is 5.97 Å². The number of aryl methyl sites for hydroxylation is 1. The highest BCUT2D eigenvalue weighted by Crippen LogP contribution is 2.23. The van der Waals surface area contributed by atoms with Crippen LogP contribution in [0.2, 0.25) is 0 Å². The van der Waals surface area contributed by atoms with Crippen LogP contribution in [0.15, 0.2) is 40.9 Å². The van der Waals surface area contributed by atoms with Crippen molar-refractivity contribution in [1.82, 2.24) is 24.8 Å². The zero-order chi connectivity index (χ0) is 17.4. The number of carboxylic acid groups (broad SMARTS) is 1. The summed E-state index contributed by atoms with van der Waals surface area (Å²) in [5.41, 5.74) is 1.69. The molecule has 0 aliphatic carbocycles. The van der Waals surface area contributed by atoms with Crippen LogP contribution in [0.1, 0.15) is 17.4 Å². The predicted molar refractivity (Wildman–Crippen MR) is 87.4 cm³/mol. The normalized spacial score (nSPS) is 17.4. The van der Waals surface area contributed by atoms with Crippen LogP contribution in [-0.2, 0) is 24.4 Å². The highest BCUT2D eigenvalue weighted by Gasteiger charge is 2.34. The molecule has 0 fully saturated rings. The molecule has 128 valence electrons. The summed E-state index contributed by atoms with van der Waals surface area (Å²) < 4.78 is 7.27. The SMILES string of the molecule is Cc1nnc2n1CC(C(=O)O)N(Cc1cc(-c3ccccc3)no1)C2. The maximum Gasteiger partial charge on any atom is 0.322 e. The molecule has 2 aromatic heterocycles. The van der Waals surface area contributed by atoms with E-state index in [-0.39, 0.29) is 0 Å². The second-order valence-corrected chi connectivity index (χ2v) is 6.08. The molecule has 25 heavy (non-hydrogen) atoms. The molecule has 3 aromatic rings. The first kappa shape index (κ1) is 15.5. The standard InChI is InChI=1S/C17H17N5O3/c1-11-18-19-16-10-21(15(17(23)24)9-22(11)16)8-13-7-14(20-25-13)12-5-3-2-4-6-12/h2-7,15H,8-10H2,1H3,(H,23,24). The third-order valence-corrected chi connectivity index (χ3v) is 4.43. The fourth-order valence-electron chi connectivity index (χ4n) is 3.09. The second kappa shape index (κ2) is 6.14. The van der Waals surface area contributed by atoms with Crippen molar-refractivity contribution in [1.29, 1.82) is 0 Å². The van der Waals surface area contributed by atoms with Crippen LogP contribution in [-0.4, -0.2) is 41.9 Å². The van der Waals surface area contributed by atoms with Crippen LogP contribution in [0, 0.1) is 6.92 Å². The summed E-state index contributed by atoms with van der Waals surface area (Å²) in [5.74, 6) is 1.24. The summed E-state index contributed by atoms with van der Waals surface area (Å²) in [6.45, 7) is 2.90. The molecule has 0 spiro atoms. The smallest absolute Gasteiger partial charge is 0.322 e. The first-order chi connectivity index (χ1) is 12.1. The van der Waals surface area contributed by atoms with Crippen LogP contribution in [0.25, 0.3) is 11.3 Å². The number of aromatic nitrogens is 4. The Hall–Kier alpha value is -3.00. The number of carbonyl (C=O) groups is 1. The number of carboxylic acids is 1. The molecule has 0 amide bonds. The van der Waals surface area contributed by atoms with E-state index in [2.05, 4.69) is 15.4 Å². The van der Waals surface area contributed by atoms with Gasteiger partial charge in [-0.3, -0.25) is 9.69 Å². The molecule has 3 heterocycles. The lowest BCUT2D eigenvalue weighted by Crippen LogP contribution is -2.47. The Labute approximate surface area is 143 Å². The molecule has 0 bridgehead atoms. The summed E-state index contributed by atoms with van der Waals surface area (Å²) in [6, 6.07) is 10.9. The van der Waals surface area contributed by atoms with Crippen molar-refractivity contribution in [2.24, 2.45) is 0 Å². The maximum absolute atomic E-state index is 11.7. The third-order valence-electron chi connectivity index (χ3n) is 4.43. The summed E-state index contributed by atoms with van der Waals surface area (Å²) >= 11 is 0. The van der Waals surface area contributed by atoms with Crippen LogP contribution < -0.4 is 0 Å². The van der Waals surface area contributed by atoms with Crippen molar-refractivity contribution in [3.8, 4) is 11.3 Å². The second-order valence-electron chi connectivity index (χ2n) is 6.08. The molecule has 1 aromatic carbocycles. The van der Waals surface area contributed by atoms with Gasteiger partial charge in [0.25, 0.3) is 0 Å². The Balaban J connectivity index is 1.57. The summed E-state index contributed by atoms with van der Waals surface area (Å²) in [4.78, 5) is 13.5. The van der Waals surface area contributed by atoms with Crippen molar-refractivity contribution < 1.29 is 14.4 Å². The van der Waals surface area contributed by atoms with Gasteiger partial charge in [-0.15, -0.1) is 10.2 Å². The Morgan fingerprint density at radius 3 is 2.88 bits per heavy atom. The molecular formula is C17H17N5O3. The van der Waals surface area contributed by atoms with Gasteiger partial charge in [-0.1, -0.05) is 35.5 Å². The lowest BCUT2D eigenvalue weighted by molar-refractivity contribution is -0.145. The highest BCUT2D eigenvalue weighted by molar-refractivity contribution is 5.73. The van der Waals surface area contributed by atoms with Gasteiger partial charge < -0.3 is 14.2 Å². The number of nitrogens with zero attached hydrogens (tertiary/aromatic N) is 5. The van der Waals surface area contributed by atoms with Gasteiger partial charge in [0, 0.05) is 11.6 Å². The van der Waals surface area contributed by atoms with E-state index in [4.69, 9.17) is 4.52 Å². The van der Waals surface area contributed by atoms with Crippen LogP contribution >= 0.6 is 0 Å². The van der Waals surface area contributed by atoms with Crippen molar-refractivity contribution in [2.75, 3.05) is 0 Å². The van der Waals surface area contributed by atoms with Crippen LogP contribution in [0.4, 0.5) is 0 Å². The number of benzene rings is 1. The quantitative estimate of drug-likeness (QED) is 0.773. The van der Waals surface area contributed by atoms with Gasteiger partial charge in [0.2, 0.25) is 0 Å². The van der Waals surface area contributed by atoms with E-state index in [9.17, 15) is 9.90 Å². The number of fused-ring (bicyclic) bond motifs is 1. The number of rotatable bonds is 4. The molecule has 1 aliphatic heterocycles. The molecule has 8 nitrogen and oxygen atoms in total. The fourth-order valence-corrected chi connectivity index (χ4v) is 3.09. The molecule has 1 aliphatic rings. The Bertz CT molecular complexity index is 902. The monoisotopic (exact) mass is 339 g/mol. The van der Waals surface area contributed by atoms with Crippen molar-refractivity contribution in [3.05, 3.63) is 53.8 Å². The molecule has 8 heteroatoms. The lowest BCUT2D eigenvalue weighted by atomic mass is 10.1. The maximum atomic E-state index is 11.7. The van der Waals surface area contributed by atoms with Gasteiger partial charge in [-0.2, -0.15) is 0 Å². The molecule has 1 unspecified atom stereocenters. The number of hydrogen-bond donors (Lipinski definition) is 1. The van der Waals surface area contributed by atoms with Crippen molar-refractivity contribution in [2.45, 2.75) is 32.6 Å². The minimum Gasteiger partial charge on any atom is -0.480 e. The first-order valence-electron chi connectivity index (χ1n) is 7.98. The van der Waals surface area contributed by atoms with Gasteiger partial charge in [0.1, 0.15) is 23.4 Å². The Morgan fingerprint density at radius 1 is 1.32 bits per heavy atom. The Kier molecular flexibility index (Phi) is 3.81. The first-order valence-corrected chi connectivity index (χ1v) is 7.98. The average molecular weight is 339 g/mol. The predicted octanol–water partition coefficient (Wildman–Crippen LogP) is 1.71. The van der Waals surface area contributed by atoms with Crippen LogP contribution in [0.5, 0.6) is 0 Å². The summed E-state index contributed by atoms with van der Waals surface area (Å²) in [6.07, 6.45) is 0. The van der Waals surface area contributed by atoms with Gasteiger partial charge in [0.05, 0.1) is 19.6 Å². The molecule has 0 saturated carbocycles. The minimum atomic E-state index is -0.874. The van der Waals surface area contributed by atoms with Gasteiger partial charge in [-0.05, 0) is 6.92 Å². The van der Waals surface area contributed by atoms with E-state index in [1.54, 1.807) is 0 Å². The summed E-state index contributed by atoms with van der Waals surface area (Å²) in [5, 5.41) is 21.8. The Morgan fingerprint density at radius 2 is 2.12 bits per heavy atom. The zero-order valence-electron chi connectivity index (χ0n) is 13.7. The topological polar surface area (TPSA) is 97.3 Å². The van der Waals surface area contributed by atoms with Gasteiger partial charge in [0.15, 0.2) is 5.76 Å². The van der Waals surface area contributed by atoms with E-state index >= 15 is 0 Å².